The van der Waals surface area contributed by atoms with Crippen LogP contribution in [0.2, 0.25) is 5.02 Å². The van der Waals surface area contributed by atoms with Gasteiger partial charge in [-0.25, -0.2) is 9.97 Å². The SMILES string of the molecule is COCC(C)CNC(=O)c1nc(C(C)C)ncc1Cl. The minimum atomic E-state index is -0.280. The standard InChI is InChI=1S/C13H20ClN3O2/c1-8(2)12-15-6-10(14)11(17-12)13(18)16-5-9(3)7-19-4/h6,8-9H,5,7H2,1-4H3,(H,16,18). The molecule has 0 fully saturated rings. The molecule has 0 bridgehead atoms. The predicted octanol–water partition coefficient (Wildman–Crippen LogP) is 2.27. The van der Waals surface area contributed by atoms with Crippen molar-refractivity contribution in [2.45, 2.75) is 26.7 Å². The number of ether oxygens (including phenoxy) is 1. The molecule has 1 aromatic rings. The van der Waals surface area contributed by atoms with Crippen molar-refractivity contribution in [3.05, 3.63) is 22.7 Å². The molecule has 1 heterocycles. The zero-order valence-electron chi connectivity index (χ0n) is 11.7. The van der Waals surface area contributed by atoms with Gasteiger partial charge in [0.05, 0.1) is 17.8 Å². The molecule has 0 saturated heterocycles. The van der Waals surface area contributed by atoms with E-state index in [-0.39, 0.29) is 28.5 Å². The highest BCUT2D eigenvalue weighted by Crippen LogP contribution is 2.16. The van der Waals surface area contributed by atoms with Crippen molar-refractivity contribution in [3.8, 4) is 0 Å². The Bertz CT molecular complexity index is 438. The van der Waals surface area contributed by atoms with Crippen LogP contribution in [0.25, 0.3) is 0 Å². The molecule has 1 aromatic heterocycles. The number of methoxy groups -OCH3 is 1. The van der Waals surface area contributed by atoms with Crippen LogP contribution in [0.15, 0.2) is 6.20 Å². The van der Waals surface area contributed by atoms with Crippen molar-refractivity contribution in [1.82, 2.24) is 15.3 Å². The lowest BCUT2D eigenvalue weighted by Crippen LogP contribution is -2.31. The Morgan fingerprint density at radius 3 is 2.74 bits per heavy atom. The van der Waals surface area contributed by atoms with E-state index in [2.05, 4.69) is 15.3 Å². The van der Waals surface area contributed by atoms with E-state index in [0.717, 1.165) is 0 Å². The Kier molecular flexibility index (Phi) is 6.18. The quantitative estimate of drug-likeness (QED) is 0.871. The second kappa shape index (κ2) is 7.40. The summed E-state index contributed by atoms with van der Waals surface area (Å²) in [6.07, 6.45) is 1.47. The molecule has 0 aliphatic rings. The van der Waals surface area contributed by atoms with Crippen LogP contribution in [0, 0.1) is 5.92 Å². The number of amides is 1. The molecule has 5 nitrogen and oxygen atoms in total. The Labute approximate surface area is 118 Å². The summed E-state index contributed by atoms with van der Waals surface area (Å²) in [5.41, 5.74) is 0.227. The fourth-order valence-corrected chi connectivity index (χ4v) is 1.69. The molecule has 0 aliphatic heterocycles. The Hall–Kier alpha value is -1.20. The van der Waals surface area contributed by atoms with E-state index >= 15 is 0 Å². The summed E-state index contributed by atoms with van der Waals surface area (Å²) < 4.78 is 5.01. The van der Waals surface area contributed by atoms with Crippen molar-refractivity contribution in [2.75, 3.05) is 20.3 Å². The molecular formula is C13H20ClN3O2. The van der Waals surface area contributed by atoms with Gasteiger partial charge in [-0.3, -0.25) is 4.79 Å². The first-order chi connectivity index (χ1) is 8.95. The highest BCUT2D eigenvalue weighted by atomic mass is 35.5. The molecule has 1 rings (SSSR count). The predicted molar refractivity (Wildman–Crippen MR) is 74.5 cm³/mol. The molecule has 0 spiro atoms. The van der Waals surface area contributed by atoms with Crippen LogP contribution in [-0.4, -0.2) is 36.1 Å². The lowest BCUT2D eigenvalue weighted by Gasteiger charge is -2.12. The summed E-state index contributed by atoms with van der Waals surface area (Å²) in [7, 11) is 1.63. The van der Waals surface area contributed by atoms with E-state index in [1.54, 1.807) is 7.11 Å². The fraction of sp³-hybridized carbons (Fsp3) is 0.615. The summed E-state index contributed by atoms with van der Waals surface area (Å²) in [6, 6.07) is 0. The Morgan fingerprint density at radius 1 is 1.47 bits per heavy atom. The monoisotopic (exact) mass is 285 g/mol. The van der Waals surface area contributed by atoms with Crippen molar-refractivity contribution >= 4 is 17.5 Å². The molecule has 0 aromatic carbocycles. The Morgan fingerprint density at radius 2 is 2.16 bits per heavy atom. The van der Waals surface area contributed by atoms with Crippen LogP contribution in [0.3, 0.4) is 0 Å². The van der Waals surface area contributed by atoms with Crippen molar-refractivity contribution in [2.24, 2.45) is 5.92 Å². The number of nitrogens with one attached hydrogen (secondary N) is 1. The van der Waals surface area contributed by atoms with Crippen LogP contribution < -0.4 is 5.32 Å². The molecule has 0 saturated carbocycles. The zero-order valence-corrected chi connectivity index (χ0v) is 12.5. The third-order valence-electron chi connectivity index (χ3n) is 2.56. The summed E-state index contributed by atoms with van der Waals surface area (Å²) in [6.45, 7) is 7.03. The minimum absolute atomic E-state index is 0.149. The molecule has 0 radical (unpaired) electrons. The van der Waals surface area contributed by atoms with E-state index in [4.69, 9.17) is 16.3 Å². The third kappa shape index (κ3) is 4.76. The maximum absolute atomic E-state index is 12.0. The van der Waals surface area contributed by atoms with Crippen molar-refractivity contribution in [3.63, 3.8) is 0 Å². The number of hydrogen-bond acceptors (Lipinski definition) is 4. The molecule has 6 heteroatoms. The lowest BCUT2D eigenvalue weighted by atomic mass is 10.2. The molecule has 1 amide bonds. The number of hydrogen-bond donors (Lipinski definition) is 1. The average molecular weight is 286 g/mol. The Balaban J connectivity index is 2.73. The van der Waals surface area contributed by atoms with Crippen LogP contribution in [0.4, 0.5) is 0 Å². The van der Waals surface area contributed by atoms with Gasteiger partial charge in [0.2, 0.25) is 0 Å². The summed E-state index contributed by atoms with van der Waals surface area (Å²) in [4.78, 5) is 20.3. The fourth-order valence-electron chi connectivity index (χ4n) is 1.51. The van der Waals surface area contributed by atoms with Gasteiger partial charge >= 0.3 is 0 Å². The highest BCUT2D eigenvalue weighted by Gasteiger charge is 2.16. The van der Waals surface area contributed by atoms with Gasteiger partial charge in [0, 0.05) is 19.6 Å². The lowest BCUT2D eigenvalue weighted by molar-refractivity contribution is 0.0929. The van der Waals surface area contributed by atoms with Crippen molar-refractivity contribution < 1.29 is 9.53 Å². The zero-order chi connectivity index (χ0) is 14.4. The number of carbonyl (C=O) groups is 1. The van der Waals surface area contributed by atoms with E-state index in [0.29, 0.717) is 19.0 Å². The van der Waals surface area contributed by atoms with Gasteiger partial charge in [0.15, 0.2) is 0 Å². The molecule has 1 atom stereocenters. The third-order valence-corrected chi connectivity index (χ3v) is 2.83. The van der Waals surface area contributed by atoms with Crippen LogP contribution in [0.5, 0.6) is 0 Å². The maximum Gasteiger partial charge on any atom is 0.271 e. The van der Waals surface area contributed by atoms with Gasteiger partial charge in [-0.15, -0.1) is 0 Å². The number of aromatic nitrogens is 2. The largest absolute Gasteiger partial charge is 0.384 e. The normalized spacial score (nSPS) is 12.5. The molecular weight excluding hydrogens is 266 g/mol. The topological polar surface area (TPSA) is 64.1 Å². The molecule has 106 valence electrons. The smallest absolute Gasteiger partial charge is 0.271 e. The first kappa shape index (κ1) is 15.9. The number of nitrogens with zero attached hydrogens (tertiary/aromatic N) is 2. The first-order valence-electron chi connectivity index (χ1n) is 6.25. The van der Waals surface area contributed by atoms with Gasteiger partial charge in [0.1, 0.15) is 11.5 Å². The van der Waals surface area contributed by atoms with Crippen molar-refractivity contribution in [1.29, 1.82) is 0 Å². The molecule has 1 N–H and O–H groups in total. The summed E-state index contributed by atoms with van der Waals surface area (Å²) >= 11 is 5.96. The minimum Gasteiger partial charge on any atom is -0.384 e. The highest BCUT2D eigenvalue weighted by molar-refractivity contribution is 6.33. The summed E-state index contributed by atoms with van der Waals surface area (Å²) in [5, 5.41) is 3.06. The molecule has 19 heavy (non-hydrogen) atoms. The van der Waals surface area contributed by atoms with E-state index in [9.17, 15) is 4.79 Å². The maximum atomic E-state index is 12.0. The van der Waals surface area contributed by atoms with Gasteiger partial charge in [-0.2, -0.15) is 0 Å². The van der Waals surface area contributed by atoms with Crippen LogP contribution in [-0.2, 0) is 4.74 Å². The van der Waals surface area contributed by atoms with Gasteiger partial charge in [-0.05, 0) is 5.92 Å². The molecule has 1 unspecified atom stereocenters. The number of carbonyl (C=O) groups excluding carboxylic acids is 1. The second-order valence-corrected chi connectivity index (χ2v) is 5.26. The van der Waals surface area contributed by atoms with Gasteiger partial charge < -0.3 is 10.1 Å². The van der Waals surface area contributed by atoms with Gasteiger partial charge in [-0.1, -0.05) is 32.4 Å². The van der Waals surface area contributed by atoms with E-state index < -0.39 is 0 Å². The van der Waals surface area contributed by atoms with Crippen LogP contribution in [0.1, 0.15) is 43.0 Å². The second-order valence-electron chi connectivity index (χ2n) is 4.85. The van der Waals surface area contributed by atoms with Gasteiger partial charge in [0.25, 0.3) is 5.91 Å². The average Bonchev–Trinajstić information content (AvgIpc) is 2.36. The first-order valence-corrected chi connectivity index (χ1v) is 6.63. The van der Waals surface area contributed by atoms with Crippen LogP contribution >= 0.6 is 11.6 Å². The number of halogens is 1. The molecule has 0 aliphatic carbocycles. The van der Waals surface area contributed by atoms with E-state index in [1.807, 2.05) is 20.8 Å². The number of rotatable bonds is 6. The summed E-state index contributed by atoms with van der Waals surface area (Å²) in [5.74, 6) is 0.715. The van der Waals surface area contributed by atoms with E-state index in [1.165, 1.54) is 6.20 Å².